The lowest BCUT2D eigenvalue weighted by molar-refractivity contribution is 0.480. The molecule has 0 saturated heterocycles. The Balaban J connectivity index is 2.49. The third-order valence-electron chi connectivity index (χ3n) is 4.88. The second-order valence-electron chi connectivity index (χ2n) is 7.16. The number of fused-ring (bicyclic) bond motifs is 1. The lowest BCUT2D eigenvalue weighted by Crippen LogP contribution is -2.50. The summed E-state index contributed by atoms with van der Waals surface area (Å²) in [5.41, 5.74) is 1.58. The van der Waals surface area contributed by atoms with Gasteiger partial charge in [0, 0.05) is 0 Å². The van der Waals surface area contributed by atoms with E-state index in [1.165, 1.54) is 6.07 Å². The fourth-order valence-corrected chi connectivity index (χ4v) is 9.60. The molecule has 23 heavy (non-hydrogen) atoms. The Morgan fingerprint density at radius 3 is 2.00 bits per heavy atom. The number of hydrogen-bond donors (Lipinski definition) is 0. The molecule has 0 aromatic heterocycles. The zero-order valence-corrected chi connectivity index (χ0v) is 17.4. The first-order valence-corrected chi connectivity index (χ1v) is 11.2. The Hall–Kier alpha value is -0.873. The van der Waals surface area contributed by atoms with Crippen molar-refractivity contribution in [2.45, 2.75) is 58.2 Å². The van der Waals surface area contributed by atoms with Crippen LogP contribution >= 0.6 is 15.9 Å². The predicted octanol–water partition coefficient (Wildman–Crippen LogP) is 7.30. The van der Waals surface area contributed by atoms with Crippen LogP contribution in [0.3, 0.4) is 0 Å². The average molecular weight is 397 g/mol. The number of halogens is 2. The molecule has 0 N–H and O–H groups in total. The van der Waals surface area contributed by atoms with Gasteiger partial charge >= 0.3 is 0 Å². The summed E-state index contributed by atoms with van der Waals surface area (Å²) in [6, 6.07) is 9.26. The highest BCUT2D eigenvalue weighted by Gasteiger charge is 2.46. The second-order valence-corrected chi connectivity index (χ2v) is 13.3. The van der Waals surface area contributed by atoms with Crippen LogP contribution in [-0.2, 0) is 0 Å². The van der Waals surface area contributed by atoms with E-state index >= 15 is 0 Å². The minimum atomic E-state index is -1.97. The fraction of sp³-hybridized carbons (Fsp3) is 0.474. The van der Waals surface area contributed by atoms with E-state index in [1.807, 2.05) is 24.3 Å². The van der Waals surface area contributed by atoms with Gasteiger partial charge in [-0.25, -0.2) is 4.39 Å². The first-order valence-electron chi connectivity index (χ1n) is 8.27. The molecule has 0 aliphatic heterocycles. The normalized spacial score (nSPS) is 12.7. The van der Waals surface area contributed by atoms with Gasteiger partial charge in [0.1, 0.15) is 11.6 Å². The fourth-order valence-electron chi connectivity index (χ4n) is 3.86. The van der Waals surface area contributed by atoms with Gasteiger partial charge in [-0.1, -0.05) is 47.6 Å². The number of benzene rings is 2. The molecule has 2 aromatic carbocycles. The van der Waals surface area contributed by atoms with Crippen molar-refractivity contribution in [1.82, 2.24) is 0 Å². The van der Waals surface area contributed by atoms with Gasteiger partial charge in [0.2, 0.25) is 0 Å². The molecule has 0 fully saturated rings. The Labute approximate surface area is 148 Å². The minimum Gasteiger partial charge on any atom is -0.543 e. The third-order valence-corrected chi connectivity index (χ3v) is 11.7. The molecule has 0 radical (unpaired) electrons. The highest BCUT2D eigenvalue weighted by Crippen LogP contribution is 2.43. The van der Waals surface area contributed by atoms with E-state index < -0.39 is 8.32 Å². The van der Waals surface area contributed by atoms with E-state index in [-0.39, 0.29) is 5.82 Å². The molecule has 0 aliphatic rings. The molecule has 2 rings (SSSR count). The van der Waals surface area contributed by atoms with Crippen LogP contribution in [0.2, 0.25) is 16.6 Å². The highest BCUT2D eigenvalue weighted by atomic mass is 79.9. The van der Waals surface area contributed by atoms with Crippen LogP contribution < -0.4 is 4.43 Å². The Morgan fingerprint density at radius 2 is 1.48 bits per heavy atom. The number of hydrogen-bond acceptors (Lipinski definition) is 1. The molecule has 2 aromatic rings. The van der Waals surface area contributed by atoms with Crippen molar-refractivity contribution in [3.05, 3.63) is 40.6 Å². The van der Waals surface area contributed by atoms with E-state index in [4.69, 9.17) is 4.43 Å². The molecule has 0 bridgehead atoms. The van der Waals surface area contributed by atoms with E-state index in [9.17, 15) is 4.39 Å². The van der Waals surface area contributed by atoms with Gasteiger partial charge in [-0.15, -0.1) is 0 Å². The number of rotatable bonds is 5. The van der Waals surface area contributed by atoms with Gasteiger partial charge in [0.25, 0.3) is 8.32 Å². The van der Waals surface area contributed by atoms with Crippen molar-refractivity contribution in [1.29, 1.82) is 0 Å². The lowest BCUT2D eigenvalue weighted by Gasteiger charge is -2.42. The Bertz CT molecular complexity index is 675. The van der Waals surface area contributed by atoms with Crippen molar-refractivity contribution >= 4 is 35.0 Å². The molecule has 4 heteroatoms. The largest absolute Gasteiger partial charge is 0.543 e. The smallest absolute Gasteiger partial charge is 0.258 e. The van der Waals surface area contributed by atoms with Gasteiger partial charge in [-0.2, -0.15) is 0 Å². The zero-order chi connectivity index (χ0) is 17.4. The van der Waals surface area contributed by atoms with E-state index in [2.05, 4.69) is 57.5 Å². The molecular weight excluding hydrogens is 371 g/mol. The van der Waals surface area contributed by atoms with E-state index in [0.717, 1.165) is 16.5 Å². The highest BCUT2D eigenvalue weighted by molar-refractivity contribution is 9.10. The molecule has 0 atom stereocenters. The van der Waals surface area contributed by atoms with Crippen LogP contribution in [0.25, 0.3) is 10.8 Å². The first-order chi connectivity index (χ1) is 10.7. The molecule has 0 aliphatic carbocycles. The average Bonchev–Trinajstić information content (AvgIpc) is 2.47. The summed E-state index contributed by atoms with van der Waals surface area (Å²) in [5.74, 6) is 0.667. The van der Waals surface area contributed by atoms with Crippen molar-refractivity contribution in [2.75, 3.05) is 0 Å². The summed E-state index contributed by atoms with van der Waals surface area (Å²) in [5, 5.41) is 1.87. The summed E-state index contributed by atoms with van der Waals surface area (Å²) < 4.78 is 20.9. The summed E-state index contributed by atoms with van der Waals surface area (Å²) in [4.78, 5) is 0. The van der Waals surface area contributed by atoms with Crippen LogP contribution in [0.1, 0.15) is 41.5 Å². The van der Waals surface area contributed by atoms with E-state index in [0.29, 0.717) is 21.1 Å². The quantitative estimate of drug-likeness (QED) is 0.481. The topological polar surface area (TPSA) is 9.23 Å². The third kappa shape index (κ3) is 3.34. The van der Waals surface area contributed by atoms with Crippen LogP contribution in [0.4, 0.5) is 4.39 Å². The Kier molecular flexibility index (Phi) is 5.57. The maximum absolute atomic E-state index is 13.7. The Morgan fingerprint density at radius 1 is 0.913 bits per heavy atom. The molecule has 0 saturated carbocycles. The van der Waals surface area contributed by atoms with Gasteiger partial charge in [-0.05, 0) is 67.6 Å². The van der Waals surface area contributed by atoms with Crippen molar-refractivity contribution in [3.8, 4) is 5.75 Å². The maximum Gasteiger partial charge on any atom is 0.258 e. The summed E-state index contributed by atoms with van der Waals surface area (Å²) >= 11 is 3.33. The molecule has 0 unspecified atom stereocenters. The van der Waals surface area contributed by atoms with Crippen molar-refractivity contribution in [3.63, 3.8) is 0 Å². The summed E-state index contributed by atoms with van der Waals surface area (Å²) in [7, 11) is -1.97. The summed E-state index contributed by atoms with van der Waals surface area (Å²) in [6.45, 7) is 13.7. The van der Waals surface area contributed by atoms with Gasteiger partial charge in [-0.3, -0.25) is 0 Å². The SMILES string of the molecule is CC(C)[Si](Oc1ccc2c(Br)c(F)ccc2c1)(C(C)C)C(C)C. The van der Waals surface area contributed by atoms with Crippen molar-refractivity contribution < 1.29 is 8.82 Å². The van der Waals surface area contributed by atoms with Crippen molar-refractivity contribution in [2.24, 2.45) is 0 Å². The lowest BCUT2D eigenvalue weighted by atomic mass is 10.1. The second kappa shape index (κ2) is 6.94. The molecule has 0 heterocycles. The molecular formula is C19H26BrFOSi. The molecule has 0 spiro atoms. The predicted molar refractivity (Wildman–Crippen MR) is 103 cm³/mol. The van der Waals surface area contributed by atoms with Gasteiger partial charge in [0.15, 0.2) is 0 Å². The van der Waals surface area contributed by atoms with E-state index in [1.54, 1.807) is 0 Å². The van der Waals surface area contributed by atoms with Crippen LogP contribution in [0.15, 0.2) is 34.8 Å². The van der Waals surface area contributed by atoms with Gasteiger partial charge < -0.3 is 4.43 Å². The maximum atomic E-state index is 13.7. The molecule has 1 nitrogen and oxygen atoms in total. The van der Waals surface area contributed by atoms with Gasteiger partial charge in [0.05, 0.1) is 4.47 Å². The molecule has 0 amide bonds. The monoisotopic (exact) mass is 396 g/mol. The molecule has 126 valence electrons. The van der Waals surface area contributed by atoms with Crippen LogP contribution in [0, 0.1) is 5.82 Å². The minimum absolute atomic E-state index is 0.235. The van der Waals surface area contributed by atoms with Crippen LogP contribution in [-0.4, -0.2) is 8.32 Å². The first kappa shape index (κ1) is 18.5. The van der Waals surface area contributed by atoms with Crippen LogP contribution in [0.5, 0.6) is 5.75 Å². The zero-order valence-electron chi connectivity index (χ0n) is 14.8. The summed E-state index contributed by atoms with van der Waals surface area (Å²) in [6.07, 6.45) is 0. The standard InChI is InChI=1S/C19H26BrFOSi/c1-12(2)23(13(3)4,14(5)6)22-16-8-9-17-15(11-16)7-10-18(21)19(17)20/h7-14H,1-6H3.